The second-order valence-corrected chi connectivity index (χ2v) is 9.00. The molecule has 2 heterocycles. The van der Waals surface area contributed by atoms with Crippen molar-refractivity contribution in [3.63, 3.8) is 0 Å². The highest BCUT2D eigenvalue weighted by molar-refractivity contribution is 7.13. The van der Waals surface area contributed by atoms with E-state index in [2.05, 4.69) is 11.1 Å². The molecule has 4 rings (SSSR count). The summed E-state index contributed by atoms with van der Waals surface area (Å²) in [4.78, 5) is 21.9. The number of nitrogens with zero attached hydrogens (tertiary/aromatic N) is 1. The van der Waals surface area contributed by atoms with Crippen LogP contribution in [-0.4, -0.2) is 36.2 Å². The lowest BCUT2D eigenvalue weighted by Crippen LogP contribution is -2.38. The zero-order valence-electron chi connectivity index (χ0n) is 19.5. The van der Waals surface area contributed by atoms with E-state index in [4.69, 9.17) is 24.9 Å². The number of thiophene rings is 1. The summed E-state index contributed by atoms with van der Waals surface area (Å²) in [7, 11) is 3.01. The second kappa shape index (κ2) is 10.1. The van der Waals surface area contributed by atoms with Gasteiger partial charge in [0.2, 0.25) is 5.75 Å². The Hall–Kier alpha value is -3.62. The number of rotatable bonds is 8. The number of carbonyl (C=O) groups is 1. The lowest BCUT2D eigenvalue weighted by atomic mass is 10.1. The van der Waals surface area contributed by atoms with Crippen molar-refractivity contribution in [2.24, 2.45) is 11.7 Å². The zero-order chi connectivity index (χ0) is 24.2. The van der Waals surface area contributed by atoms with Crippen molar-refractivity contribution in [2.75, 3.05) is 14.2 Å². The third-order valence-corrected chi connectivity index (χ3v) is 6.33. The van der Waals surface area contributed by atoms with E-state index in [1.54, 1.807) is 23.5 Å². The van der Waals surface area contributed by atoms with Gasteiger partial charge in [-0.05, 0) is 29.5 Å². The van der Waals surface area contributed by atoms with Gasteiger partial charge in [0.05, 0.1) is 30.5 Å². The van der Waals surface area contributed by atoms with Crippen LogP contribution in [0.1, 0.15) is 13.8 Å². The number of nitrogens with two attached hydrogens (primary N) is 1. The highest BCUT2D eigenvalue weighted by Gasteiger charge is 2.25. The molecule has 0 bridgehead atoms. The number of aromatic nitrogens is 2. The number of ether oxygens (including phenoxy) is 3. The van der Waals surface area contributed by atoms with Crippen LogP contribution in [0.5, 0.6) is 17.2 Å². The SMILES string of the molecule is COc1cc(-c2nc(-c3ccccc3)c(-c3cccs3)[nH]2)cc(OC)c1OC(=O)[C@@H](N)C(C)C. The van der Waals surface area contributed by atoms with Crippen molar-refractivity contribution >= 4 is 17.3 Å². The Morgan fingerprint density at radius 3 is 2.24 bits per heavy atom. The smallest absolute Gasteiger partial charge is 0.328 e. The van der Waals surface area contributed by atoms with E-state index in [1.807, 2.05) is 55.6 Å². The number of hydrogen-bond acceptors (Lipinski definition) is 7. The fourth-order valence-electron chi connectivity index (χ4n) is 3.47. The maximum Gasteiger partial charge on any atom is 0.328 e. The van der Waals surface area contributed by atoms with Crippen molar-refractivity contribution in [3.05, 3.63) is 60.0 Å². The minimum Gasteiger partial charge on any atom is -0.493 e. The van der Waals surface area contributed by atoms with E-state index in [9.17, 15) is 4.79 Å². The molecule has 2 aromatic carbocycles. The van der Waals surface area contributed by atoms with Gasteiger partial charge in [-0.3, -0.25) is 0 Å². The van der Waals surface area contributed by atoms with Crippen LogP contribution in [0, 0.1) is 5.92 Å². The molecule has 0 aliphatic rings. The first-order valence-electron chi connectivity index (χ1n) is 10.9. The van der Waals surface area contributed by atoms with E-state index in [1.165, 1.54) is 14.2 Å². The minimum atomic E-state index is -0.763. The van der Waals surface area contributed by atoms with Crippen LogP contribution >= 0.6 is 11.3 Å². The molecule has 0 unspecified atom stereocenters. The summed E-state index contributed by atoms with van der Waals surface area (Å²) in [6.07, 6.45) is 0. The van der Waals surface area contributed by atoms with Crippen LogP contribution in [0.2, 0.25) is 0 Å². The number of hydrogen-bond donors (Lipinski definition) is 2. The van der Waals surface area contributed by atoms with Crippen LogP contribution in [0.4, 0.5) is 0 Å². The maximum atomic E-state index is 12.5. The van der Waals surface area contributed by atoms with Gasteiger partial charge in [-0.1, -0.05) is 50.2 Å². The molecule has 1 atom stereocenters. The van der Waals surface area contributed by atoms with Crippen LogP contribution in [0.15, 0.2) is 60.0 Å². The number of aromatic amines is 1. The number of H-pyrrole nitrogens is 1. The van der Waals surface area contributed by atoms with E-state index >= 15 is 0 Å². The normalized spacial score (nSPS) is 11.9. The fourth-order valence-corrected chi connectivity index (χ4v) is 4.20. The molecule has 2 aromatic heterocycles. The third kappa shape index (κ3) is 4.69. The van der Waals surface area contributed by atoms with Gasteiger partial charge in [-0.25, -0.2) is 9.78 Å². The Kier molecular flexibility index (Phi) is 7.00. The molecule has 0 spiro atoms. The first-order chi connectivity index (χ1) is 16.4. The standard InChI is InChI=1S/C26H27N3O4S/c1-15(2)21(27)26(30)33-24-18(31-3)13-17(14-19(24)32-4)25-28-22(16-9-6-5-7-10-16)23(29-25)20-11-8-12-34-20/h5-15,21H,27H2,1-4H3,(H,28,29)/t21-/m0/s1. The molecule has 0 aliphatic heterocycles. The fraction of sp³-hybridized carbons (Fsp3) is 0.231. The topological polar surface area (TPSA) is 99.5 Å². The van der Waals surface area contributed by atoms with Crippen molar-refractivity contribution in [2.45, 2.75) is 19.9 Å². The van der Waals surface area contributed by atoms with Crippen LogP contribution in [0.25, 0.3) is 33.2 Å². The summed E-state index contributed by atoms with van der Waals surface area (Å²) in [5.41, 5.74) is 9.45. The van der Waals surface area contributed by atoms with Crippen molar-refractivity contribution in [1.29, 1.82) is 0 Å². The van der Waals surface area contributed by atoms with E-state index in [0.29, 0.717) is 17.3 Å². The number of esters is 1. The molecule has 0 radical (unpaired) electrons. The summed E-state index contributed by atoms with van der Waals surface area (Å²) in [6, 6.07) is 16.8. The van der Waals surface area contributed by atoms with E-state index < -0.39 is 12.0 Å². The molecule has 7 nitrogen and oxygen atoms in total. The van der Waals surface area contributed by atoms with Crippen LogP contribution in [-0.2, 0) is 4.79 Å². The van der Waals surface area contributed by atoms with Gasteiger partial charge in [0, 0.05) is 11.1 Å². The van der Waals surface area contributed by atoms with Crippen molar-refractivity contribution in [1.82, 2.24) is 9.97 Å². The first kappa shape index (κ1) is 23.5. The Balaban J connectivity index is 1.80. The number of imidazole rings is 1. The first-order valence-corrected chi connectivity index (χ1v) is 11.7. The molecule has 0 saturated heterocycles. The average Bonchev–Trinajstić information content (AvgIpc) is 3.54. The Morgan fingerprint density at radius 2 is 1.68 bits per heavy atom. The predicted molar refractivity (Wildman–Crippen MR) is 134 cm³/mol. The molecule has 8 heteroatoms. The largest absolute Gasteiger partial charge is 0.493 e. The van der Waals surface area contributed by atoms with Gasteiger partial charge < -0.3 is 24.9 Å². The molecule has 3 N–H and O–H groups in total. The average molecular weight is 478 g/mol. The highest BCUT2D eigenvalue weighted by Crippen LogP contribution is 2.43. The molecular formula is C26H27N3O4S. The predicted octanol–water partition coefficient (Wildman–Crippen LogP) is 5.38. The molecule has 176 valence electrons. The number of nitrogens with one attached hydrogen (secondary N) is 1. The molecule has 4 aromatic rings. The van der Waals surface area contributed by atoms with E-state index in [0.717, 1.165) is 27.4 Å². The van der Waals surface area contributed by atoms with Crippen LogP contribution in [0.3, 0.4) is 0 Å². The van der Waals surface area contributed by atoms with Gasteiger partial charge in [0.25, 0.3) is 0 Å². The molecule has 0 amide bonds. The molecular weight excluding hydrogens is 450 g/mol. The Morgan fingerprint density at radius 1 is 1.00 bits per heavy atom. The molecule has 34 heavy (non-hydrogen) atoms. The highest BCUT2D eigenvalue weighted by atomic mass is 32.1. The minimum absolute atomic E-state index is 0.0704. The van der Waals surface area contributed by atoms with Crippen molar-refractivity contribution in [3.8, 4) is 50.5 Å². The lowest BCUT2D eigenvalue weighted by molar-refractivity contribution is -0.137. The lowest BCUT2D eigenvalue weighted by Gasteiger charge is -2.18. The van der Waals surface area contributed by atoms with Gasteiger partial charge in [-0.2, -0.15) is 0 Å². The summed E-state index contributed by atoms with van der Waals surface area (Å²) >= 11 is 1.63. The van der Waals surface area contributed by atoms with Gasteiger partial charge in [0.15, 0.2) is 11.5 Å². The third-order valence-electron chi connectivity index (χ3n) is 5.45. The summed E-state index contributed by atoms with van der Waals surface area (Å²) in [5.74, 6) is 0.879. The number of benzene rings is 2. The van der Waals surface area contributed by atoms with Gasteiger partial charge >= 0.3 is 5.97 Å². The van der Waals surface area contributed by atoms with Crippen molar-refractivity contribution < 1.29 is 19.0 Å². The van der Waals surface area contributed by atoms with Crippen LogP contribution < -0.4 is 19.9 Å². The zero-order valence-corrected chi connectivity index (χ0v) is 20.3. The maximum absolute atomic E-state index is 12.5. The quantitative estimate of drug-likeness (QED) is 0.261. The second-order valence-electron chi connectivity index (χ2n) is 8.05. The Labute approximate surface area is 202 Å². The number of carbonyl (C=O) groups excluding carboxylic acids is 1. The monoisotopic (exact) mass is 477 g/mol. The Bertz CT molecular complexity index is 1240. The number of methoxy groups -OCH3 is 2. The molecule has 0 aliphatic carbocycles. The van der Waals surface area contributed by atoms with Gasteiger partial charge in [0.1, 0.15) is 11.9 Å². The van der Waals surface area contributed by atoms with E-state index in [-0.39, 0.29) is 11.7 Å². The summed E-state index contributed by atoms with van der Waals surface area (Å²) in [6.45, 7) is 3.71. The molecule has 0 saturated carbocycles. The molecule has 0 fully saturated rings. The van der Waals surface area contributed by atoms with Gasteiger partial charge in [-0.15, -0.1) is 11.3 Å². The summed E-state index contributed by atoms with van der Waals surface area (Å²) < 4.78 is 16.7. The summed E-state index contributed by atoms with van der Waals surface area (Å²) in [5, 5.41) is 2.03.